The molecule has 0 unspecified atom stereocenters. The molecule has 0 atom stereocenters. The van der Waals surface area contributed by atoms with Crippen molar-refractivity contribution in [2.24, 2.45) is 0 Å². The molecule has 2 heterocycles. The fourth-order valence-corrected chi connectivity index (χ4v) is 1.30. The van der Waals surface area contributed by atoms with Gasteiger partial charge in [0.2, 0.25) is 0 Å². The van der Waals surface area contributed by atoms with E-state index in [1.165, 1.54) is 12.5 Å². The quantitative estimate of drug-likeness (QED) is 0.769. The average molecular weight is 202 g/mol. The van der Waals surface area contributed by atoms with Crippen molar-refractivity contribution >= 4 is 11.6 Å². The van der Waals surface area contributed by atoms with Gasteiger partial charge in [-0.2, -0.15) is 0 Å². The zero-order valence-electron chi connectivity index (χ0n) is 8.01. The van der Waals surface area contributed by atoms with Gasteiger partial charge in [-0.25, -0.2) is 4.98 Å². The lowest BCUT2D eigenvalue weighted by Crippen LogP contribution is -2.05. The highest BCUT2D eigenvalue weighted by Gasteiger charge is 2.10. The topological polar surface area (TPSA) is 69.1 Å². The molecule has 0 fully saturated rings. The second-order valence-corrected chi connectivity index (χ2v) is 3.16. The molecule has 0 aliphatic carbocycles. The van der Waals surface area contributed by atoms with E-state index in [2.05, 4.69) is 4.98 Å². The van der Waals surface area contributed by atoms with Crippen LogP contribution in [0.1, 0.15) is 15.9 Å². The van der Waals surface area contributed by atoms with Crippen LogP contribution >= 0.6 is 0 Å². The predicted molar refractivity (Wildman–Crippen MR) is 55.4 cm³/mol. The number of ketones is 1. The number of pyridine rings is 1. The van der Waals surface area contributed by atoms with Gasteiger partial charge in [0.15, 0.2) is 5.78 Å². The zero-order chi connectivity index (χ0) is 10.7. The molecule has 76 valence electrons. The Morgan fingerprint density at radius 2 is 2.33 bits per heavy atom. The molecule has 0 aliphatic rings. The Labute approximate surface area is 86.7 Å². The maximum atomic E-state index is 11.7. The van der Waals surface area contributed by atoms with Gasteiger partial charge < -0.3 is 10.2 Å². The van der Waals surface area contributed by atoms with Crippen molar-refractivity contribution in [3.05, 3.63) is 48.0 Å². The minimum atomic E-state index is -0.0246. The predicted octanol–water partition coefficient (Wildman–Crippen LogP) is 1.68. The van der Waals surface area contributed by atoms with E-state index in [0.717, 1.165) is 5.56 Å². The van der Waals surface area contributed by atoms with Gasteiger partial charge in [-0.1, -0.05) is 6.07 Å². The number of anilines is 1. The zero-order valence-corrected chi connectivity index (χ0v) is 8.01. The second kappa shape index (κ2) is 3.96. The van der Waals surface area contributed by atoms with E-state index in [4.69, 9.17) is 10.2 Å². The number of carbonyl (C=O) groups is 1. The summed E-state index contributed by atoms with van der Waals surface area (Å²) in [6, 6.07) is 5.18. The summed E-state index contributed by atoms with van der Waals surface area (Å²) in [5.41, 5.74) is 6.93. The summed E-state index contributed by atoms with van der Waals surface area (Å²) in [5.74, 6) is 0.373. The third kappa shape index (κ3) is 2.04. The molecule has 2 aromatic rings. The highest BCUT2D eigenvalue weighted by atomic mass is 16.3. The number of aromatic nitrogens is 1. The fourth-order valence-electron chi connectivity index (χ4n) is 1.30. The molecule has 0 aromatic carbocycles. The van der Waals surface area contributed by atoms with Crippen LogP contribution in [-0.4, -0.2) is 10.8 Å². The Balaban J connectivity index is 2.17. The number of nitrogen functional groups attached to an aromatic ring is 1. The molecule has 2 aromatic heterocycles. The number of nitrogens with two attached hydrogens (primary N) is 1. The van der Waals surface area contributed by atoms with E-state index in [-0.39, 0.29) is 12.2 Å². The van der Waals surface area contributed by atoms with E-state index in [9.17, 15) is 4.79 Å². The van der Waals surface area contributed by atoms with Gasteiger partial charge in [-0.3, -0.25) is 4.79 Å². The van der Waals surface area contributed by atoms with Gasteiger partial charge in [0.05, 0.1) is 11.8 Å². The van der Waals surface area contributed by atoms with E-state index >= 15 is 0 Å². The number of hydrogen-bond donors (Lipinski definition) is 1. The lowest BCUT2D eigenvalue weighted by atomic mass is 10.1. The molecule has 0 radical (unpaired) electrons. The molecule has 0 bridgehead atoms. The first-order chi connectivity index (χ1) is 7.27. The third-order valence-corrected chi connectivity index (χ3v) is 2.12. The maximum Gasteiger partial charge on any atom is 0.170 e. The van der Waals surface area contributed by atoms with Gasteiger partial charge in [-0.05, 0) is 12.1 Å². The lowest BCUT2D eigenvalue weighted by Gasteiger charge is -2.01. The molecule has 0 aliphatic heterocycles. The summed E-state index contributed by atoms with van der Waals surface area (Å²) >= 11 is 0. The van der Waals surface area contributed by atoms with Crippen LogP contribution in [-0.2, 0) is 6.42 Å². The van der Waals surface area contributed by atoms with Gasteiger partial charge in [0, 0.05) is 18.2 Å². The Kier molecular flexibility index (Phi) is 2.49. The minimum absolute atomic E-state index is 0.0246. The molecule has 0 saturated heterocycles. The first kappa shape index (κ1) is 9.45. The molecule has 2 rings (SSSR count). The van der Waals surface area contributed by atoms with Gasteiger partial charge in [0.1, 0.15) is 12.1 Å². The molecule has 4 heteroatoms. The van der Waals surface area contributed by atoms with E-state index in [1.54, 1.807) is 24.4 Å². The maximum absolute atomic E-state index is 11.7. The third-order valence-electron chi connectivity index (χ3n) is 2.12. The van der Waals surface area contributed by atoms with Crippen molar-refractivity contribution in [3.63, 3.8) is 0 Å². The number of nitrogens with zero attached hydrogens (tertiary/aromatic N) is 1. The minimum Gasteiger partial charge on any atom is -0.472 e. The van der Waals surface area contributed by atoms with Crippen molar-refractivity contribution in [2.75, 3.05) is 5.73 Å². The van der Waals surface area contributed by atoms with Crippen LogP contribution in [0.3, 0.4) is 0 Å². The summed E-state index contributed by atoms with van der Waals surface area (Å²) < 4.78 is 4.84. The molecule has 0 spiro atoms. The number of hydrogen-bond acceptors (Lipinski definition) is 4. The fraction of sp³-hybridized carbons (Fsp3) is 0.0909. The van der Waals surface area contributed by atoms with Crippen LogP contribution in [0.4, 0.5) is 5.82 Å². The monoisotopic (exact) mass is 202 g/mol. The standard InChI is InChI=1S/C11H10N2O2/c12-11-8(2-1-4-13-11)6-10(14)9-3-5-15-7-9/h1-5,7H,6H2,(H2,12,13). The Hall–Kier alpha value is -2.10. The van der Waals surface area contributed by atoms with Crippen LogP contribution in [0.5, 0.6) is 0 Å². The number of carbonyl (C=O) groups excluding carboxylic acids is 1. The van der Waals surface area contributed by atoms with Crippen molar-refractivity contribution in [2.45, 2.75) is 6.42 Å². The molecule has 0 amide bonds. The Morgan fingerprint density at radius 3 is 3.00 bits per heavy atom. The summed E-state index contributed by atoms with van der Waals surface area (Å²) in [4.78, 5) is 15.6. The van der Waals surface area contributed by atoms with Crippen molar-refractivity contribution in [1.82, 2.24) is 4.98 Å². The van der Waals surface area contributed by atoms with Gasteiger partial charge >= 0.3 is 0 Å². The Bertz CT molecular complexity index is 463. The molecule has 0 saturated carbocycles. The van der Waals surface area contributed by atoms with E-state index in [0.29, 0.717) is 11.4 Å². The first-order valence-corrected chi connectivity index (χ1v) is 4.52. The summed E-state index contributed by atoms with van der Waals surface area (Å²) in [6.07, 6.45) is 4.75. The summed E-state index contributed by atoms with van der Waals surface area (Å²) in [7, 11) is 0. The highest BCUT2D eigenvalue weighted by Crippen LogP contribution is 2.11. The van der Waals surface area contributed by atoms with E-state index in [1.807, 2.05) is 0 Å². The van der Waals surface area contributed by atoms with Crippen LogP contribution < -0.4 is 5.73 Å². The number of furan rings is 1. The molecular weight excluding hydrogens is 192 g/mol. The number of Topliss-reactive ketones (excluding diaryl/α,β-unsaturated/α-hetero) is 1. The molecular formula is C11H10N2O2. The Morgan fingerprint density at radius 1 is 1.47 bits per heavy atom. The van der Waals surface area contributed by atoms with Crippen molar-refractivity contribution < 1.29 is 9.21 Å². The summed E-state index contributed by atoms with van der Waals surface area (Å²) in [5, 5.41) is 0. The van der Waals surface area contributed by atoms with Gasteiger partial charge in [0.25, 0.3) is 0 Å². The van der Waals surface area contributed by atoms with Gasteiger partial charge in [-0.15, -0.1) is 0 Å². The normalized spacial score (nSPS) is 10.1. The van der Waals surface area contributed by atoms with Crippen LogP contribution in [0.2, 0.25) is 0 Å². The molecule has 2 N–H and O–H groups in total. The first-order valence-electron chi connectivity index (χ1n) is 4.52. The largest absolute Gasteiger partial charge is 0.472 e. The summed E-state index contributed by atoms with van der Waals surface area (Å²) in [6.45, 7) is 0. The SMILES string of the molecule is Nc1ncccc1CC(=O)c1ccoc1. The van der Waals surface area contributed by atoms with Crippen LogP contribution in [0.15, 0.2) is 41.3 Å². The van der Waals surface area contributed by atoms with E-state index < -0.39 is 0 Å². The lowest BCUT2D eigenvalue weighted by molar-refractivity contribution is 0.0992. The average Bonchev–Trinajstić information content (AvgIpc) is 2.74. The highest BCUT2D eigenvalue weighted by molar-refractivity contribution is 5.97. The smallest absolute Gasteiger partial charge is 0.170 e. The second-order valence-electron chi connectivity index (χ2n) is 3.16. The molecule has 4 nitrogen and oxygen atoms in total. The van der Waals surface area contributed by atoms with Crippen LogP contribution in [0.25, 0.3) is 0 Å². The van der Waals surface area contributed by atoms with Crippen molar-refractivity contribution in [1.29, 1.82) is 0 Å². The van der Waals surface area contributed by atoms with Crippen LogP contribution in [0, 0.1) is 0 Å². The van der Waals surface area contributed by atoms with Crippen molar-refractivity contribution in [3.8, 4) is 0 Å². The number of rotatable bonds is 3. The molecule has 15 heavy (non-hydrogen) atoms.